The van der Waals surface area contributed by atoms with E-state index in [1.54, 1.807) is 13.3 Å². The van der Waals surface area contributed by atoms with Gasteiger partial charge in [0, 0.05) is 6.54 Å². The Labute approximate surface area is 107 Å². The summed E-state index contributed by atoms with van der Waals surface area (Å²) in [7, 11) is 1.65. The Bertz CT molecular complexity index is 418. The Hall–Kier alpha value is -1.62. The molecule has 0 aliphatic heterocycles. The smallest absolute Gasteiger partial charge is 0.186 e. The molecule has 4 nitrogen and oxygen atoms in total. The number of rotatable bonds is 4. The van der Waals surface area contributed by atoms with Crippen LogP contribution >= 0.6 is 12.2 Å². The highest BCUT2D eigenvalue weighted by molar-refractivity contribution is 7.80. The van der Waals surface area contributed by atoms with Gasteiger partial charge in [0.15, 0.2) is 5.11 Å². The number of hydrazone groups is 1. The van der Waals surface area contributed by atoms with E-state index >= 15 is 0 Å². The van der Waals surface area contributed by atoms with Crippen LogP contribution in [0, 0.1) is 6.92 Å². The van der Waals surface area contributed by atoms with Crippen LogP contribution in [0.3, 0.4) is 0 Å². The maximum Gasteiger partial charge on any atom is 0.186 e. The fourth-order valence-electron chi connectivity index (χ4n) is 1.28. The van der Waals surface area contributed by atoms with Gasteiger partial charge in [0.05, 0.1) is 13.3 Å². The number of nitrogens with one attached hydrogen (secondary N) is 2. The Kier molecular flexibility index (Phi) is 5.42. The largest absolute Gasteiger partial charge is 0.497 e. The number of methoxy groups -OCH3 is 1. The van der Waals surface area contributed by atoms with Crippen molar-refractivity contribution < 1.29 is 4.74 Å². The van der Waals surface area contributed by atoms with Crippen LogP contribution in [-0.4, -0.2) is 25.0 Å². The zero-order valence-corrected chi connectivity index (χ0v) is 11.1. The average molecular weight is 251 g/mol. The maximum absolute atomic E-state index is 5.13. The molecule has 1 aromatic rings. The highest BCUT2D eigenvalue weighted by Crippen LogP contribution is 2.15. The van der Waals surface area contributed by atoms with Gasteiger partial charge in [-0.1, -0.05) is 0 Å². The van der Waals surface area contributed by atoms with Gasteiger partial charge in [-0.2, -0.15) is 5.10 Å². The minimum absolute atomic E-state index is 0.523. The van der Waals surface area contributed by atoms with Gasteiger partial charge in [-0.3, -0.25) is 5.43 Å². The fraction of sp³-hybridized carbons (Fsp3) is 0.333. The van der Waals surface area contributed by atoms with Crippen molar-refractivity contribution in [2.24, 2.45) is 5.10 Å². The third kappa shape index (κ3) is 4.40. The molecular weight excluding hydrogens is 234 g/mol. The van der Waals surface area contributed by atoms with Crippen LogP contribution in [0.2, 0.25) is 0 Å². The SMILES string of the molecule is CCNC(=S)N/N=C\c1ccc(OC)cc1C. The second-order valence-corrected chi connectivity index (χ2v) is 3.86. The van der Waals surface area contributed by atoms with Crippen LogP contribution < -0.4 is 15.5 Å². The van der Waals surface area contributed by atoms with Crippen molar-refractivity contribution in [1.29, 1.82) is 0 Å². The molecule has 1 aromatic carbocycles. The third-order valence-electron chi connectivity index (χ3n) is 2.18. The van der Waals surface area contributed by atoms with Gasteiger partial charge in [-0.15, -0.1) is 0 Å². The van der Waals surface area contributed by atoms with E-state index in [2.05, 4.69) is 15.8 Å². The number of hydrogen-bond acceptors (Lipinski definition) is 3. The lowest BCUT2D eigenvalue weighted by atomic mass is 10.1. The predicted octanol–water partition coefficient (Wildman–Crippen LogP) is 1.82. The summed E-state index contributed by atoms with van der Waals surface area (Å²) in [5, 5.41) is 7.53. The highest BCUT2D eigenvalue weighted by atomic mass is 32.1. The molecule has 0 radical (unpaired) electrons. The summed E-state index contributed by atoms with van der Waals surface area (Å²) in [5.74, 6) is 0.843. The normalized spacial score (nSPS) is 10.3. The second-order valence-electron chi connectivity index (χ2n) is 3.45. The minimum atomic E-state index is 0.523. The maximum atomic E-state index is 5.13. The topological polar surface area (TPSA) is 45.7 Å². The molecule has 0 amide bonds. The average Bonchev–Trinajstić information content (AvgIpc) is 2.31. The van der Waals surface area contributed by atoms with Crippen LogP contribution in [-0.2, 0) is 0 Å². The highest BCUT2D eigenvalue weighted by Gasteiger charge is 1.97. The van der Waals surface area contributed by atoms with E-state index in [4.69, 9.17) is 17.0 Å². The number of benzene rings is 1. The molecule has 5 heteroatoms. The first kappa shape index (κ1) is 13.4. The summed E-state index contributed by atoms with van der Waals surface area (Å²) in [6, 6.07) is 5.82. The van der Waals surface area contributed by atoms with Crippen LogP contribution in [0.4, 0.5) is 0 Å². The Balaban J connectivity index is 2.62. The Morgan fingerprint density at radius 3 is 2.88 bits per heavy atom. The van der Waals surface area contributed by atoms with Crippen molar-refractivity contribution >= 4 is 23.5 Å². The van der Waals surface area contributed by atoms with Crippen molar-refractivity contribution in [2.45, 2.75) is 13.8 Å². The lowest BCUT2D eigenvalue weighted by Crippen LogP contribution is -2.31. The van der Waals surface area contributed by atoms with Crippen molar-refractivity contribution in [2.75, 3.05) is 13.7 Å². The van der Waals surface area contributed by atoms with E-state index in [-0.39, 0.29) is 0 Å². The number of hydrogen-bond donors (Lipinski definition) is 2. The van der Waals surface area contributed by atoms with E-state index in [1.165, 1.54) is 0 Å². The molecule has 2 N–H and O–H groups in total. The first-order chi connectivity index (χ1) is 8.17. The van der Waals surface area contributed by atoms with E-state index in [0.717, 1.165) is 23.4 Å². The molecular formula is C12H17N3OS. The monoisotopic (exact) mass is 251 g/mol. The molecule has 17 heavy (non-hydrogen) atoms. The van der Waals surface area contributed by atoms with E-state index in [0.29, 0.717) is 5.11 Å². The summed E-state index contributed by atoms with van der Waals surface area (Å²) in [4.78, 5) is 0. The lowest BCUT2D eigenvalue weighted by Gasteiger charge is -2.05. The Morgan fingerprint density at radius 2 is 2.29 bits per heavy atom. The molecule has 0 aliphatic rings. The van der Waals surface area contributed by atoms with Crippen LogP contribution in [0.1, 0.15) is 18.1 Å². The van der Waals surface area contributed by atoms with Crippen molar-refractivity contribution in [3.8, 4) is 5.75 Å². The summed E-state index contributed by atoms with van der Waals surface area (Å²) >= 11 is 4.98. The van der Waals surface area contributed by atoms with Gasteiger partial charge < -0.3 is 10.1 Å². The minimum Gasteiger partial charge on any atom is -0.497 e. The molecule has 1 rings (SSSR count). The molecule has 0 atom stereocenters. The first-order valence-electron chi connectivity index (χ1n) is 5.39. The van der Waals surface area contributed by atoms with Crippen LogP contribution in [0.25, 0.3) is 0 Å². The summed E-state index contributed by atoms with van der Waals surface area (Å²) in [6.45, 7) is 4.76. The number of aryl methyl sites for hydroxylation is 1. The van der Waals surface area contributed by atoms with Crippen LogP contribution in [0.5, 0.6) is 5.75 Å². The van der Waals surface area contributed by atoms with Gasteiger partial charge in [0.1, 0.15) is 5.75 Å². The third-order valence-corrected chi connectivity index (χ3v) is 2.42. The van der Waals surface area contributed by atoms with Gasteiger partial charge in [-0.05, 0) is 55.4 Å². The van der Waals surface area contributed by atoms with E-state index in [9.17, 15) is 0 Å². The molecule has 0 aromatic heterocycles. The standard InChI is InChI=1S/C12H17N3OS/c1-4-13-12(17)15-14-8-10-5-6-11(16-3)7-9(10)2/h5-8H,4H2,1-3H3,(H2,13,15,17)/b14-8-. The summed E-state index contributed by atoms with van der Waals surface area (Å²) in [5.41, 5.74) is 4.87. The van der Waals surface area contributed by atoms with Gasteiger partial charge in [0.2, 0.25) is 0 Å². The molecule has 0 bridgehead atoms. The molecule has 0 unspecified atom stereocenters. The van der Waals surface area contributed by atoms with Crippen molar-refractivity contribution in [3.05, 3.63) is 29.3 Å². The first-order valence-corrected chi connectivity index (χ1v) is 5.79. The summed E-state index contributed by atoms with van der Waals surface area (Å²) < 4.78 is 5.13. The number of ether oxygens (including phenoxy) is 1. The van der Waals surface area contributed by atoms with Gasteiger partial charge >= 0.3 is 0 Å². The number of thiocarbonyl (C=S) groups is 1. The van der Waals surface area contributed by atoms with E-state index in [1.807, 2.05) is 32.0 Å². The van der Waals surface area contributed by atoms with Crippen molar-refractivity contribution in [3.63, 3.8) is 0 Å². The molecule has 0 spiro atoms. The zero-order valence-electron chi connectivity index (χ0n) is 10.3. The quantitative estimate of drug-likeness (QED) is 0.487. The van der Waals surface area contributed by atoms with Gasteiger partial charge in [0.25, 0.3) is 0 Å². The zero-order chi connectivity index (χ0) is 12.7. The Morgan fingerprint density at radius 1 is 1.53 bits per heavy atom. The van der Waals surface area contributed by atoms with Gasteiger partial charge in [-0.25, -0.2) is 0 Å². The molecule has 0 saturated heterocycles. The number of nitrogens with zero attached hydrogens (tertiary/aromatic N) is 1. The molecule has 0 fully saturated rings. The molecule has 0 saturated carbocycles. The summed E-state index contributed by atoms with van der Waals surface area (Å²) in [6.07, 6.45) is 1.73. The van der Waals surface area contributed by atoms with Crippen molar-refractivity contribution in [1.82, 2.24) is 10.7 Å². The predicted molar refractivity (Wildman–Crippen MR) is 74.7 cm³/mol. The molecule has 92 valence electrons. The second kappa shape index (κ2) is 6.85. The molecule has 0 aliphatic carbocycles. The lowest BCUT2D eigenvalue weighted by molar-refractivity contribution is 0.414. The molecule has 0 heterocycles. The van der Waals surface area contributed by atoms with E-state index < -0.39 is 0 Å². The fourth-order valence-corrected chi connectivity index (χ4v) is 1.48. The van der Waals surface area contributed by atoms with Crippen LogP contribution in [0.15, 0.2) is 23.3 Å².